The third kappa shape index (κ3) is 7.90. The largest absolute Gasteiger partial charge is 0.499 e. The summed E-state index contributed by atoms with van der Waals surface area (Å²) in [6.07, 6.45) is -11.7. The number of methoxy groups -OCH3 is 2. The fraction of sp³-hybridized carbons (Fsp3) is 0.444. The van der Waals surface area contributed by atoms with E-state index in [0.29, 0.717) is 17.9 Å². The van der Waals surface area contributed by atoms with Gasteiger partial charge in [0.1, 0.15) is 24.1 Å². The second-order valence-electron chi connectivity index (χ2n) is 8.70. The van der Waals surface area contributed by atoms with E-state index in [-0.39, 0.29) is 0 Å². The highest BCUT2D eigenvalue weighted by Gasteiger charge is 2.61. The summed E-state index contributed by atoms with van der Waals surface area (Å²) in [6, 6.07) is 11.3. The smallest absolute Gasteiger partial charge is 0.426 e. The number of alkyl halides is 5. The van der Waals surface area contributed by atoms with Crippen LogP contribution < -0.4 is 10.1 Å². The van der Waals surface area contributed by atoms with E-state index < -0.39 is 54.8 Å². The second kappa shape index (κ2) is 13.4. The SMILES string of the molecule is CCO[C@@H]1[C@@H](OC)[C@H](C)O[C@@H](OC(=O)Nc2ccc(/C=C/c3ccc(OC(F)(F)C(F)(F)F)cc3)cc2)[C@@H]1OC. The molecule has 2 aromatic carbocycles. The number of hydrogen-bond donors (Lipinski definition) is 1. The van der Waals surface area contributed by atoms with E-state index in [4.69, 9.17) is 23.7 Å². The molecule has 2 aromatic rings. The maximum absolute atomic E-state index is 13.0. The number of carbonyl (C=O) groups excluding carboxylic acids is 1. The number of ether oxygens (including phenoxy) is 6. The zero-order valence-corrected chi connectivity index (χ0v) is 22.1. The Hall–Kier alpha value is -3.26. The average Bonchev–Trinajstić information content (AvgIpc) is 2.88. The van der Waals surface area contributed by atoms with Crippen molar-refractivity contribution in [2.45, 2.75) is 56.8 Å². The van der Waals surface area contributed by atoms with Crippen LogP contribution in [0.4, 0.5) is 32.4 Å². The van der Waals surface area contributed by atoms with Crippen LogP contribution in [0, 0.1) is 0 Å². The number of rotatable bonds is 10. The molecule has 1 N–H and O–H groups in total. The van der Waals surface area contributed by atoms with Gasteiger partial charge in [-0.05, 0) is 49.2 Å². The molecule has 40 heavy (non-hydrogen) atoms. The molecule has 3 rings (SSSR count). The summed E-state index contributed by atoms with van der Waals surface area (Å²) < 4.78 is 94.7. The average molecular weight is 576 g/mol. The molecule has 13 heteroatoms. The lowest BCUT2D eigenvalue weighted by Crippen LogP contribution is -2.60. The van der Waals surface area contributed by atoms with Crippen molar-refractivity contribution in [3.63, 3.8) is 0 Å². The standard InChI is InChI=1S/C27H30F5NO7/c1-5-37-22-21(35-3)16(2)38-24(23(22)36-4)39-25(34)33-19-12-8-17(9-13-19)6-7-18-10-14-20(15-11-18)40-27(31,32)26(28,29)30/h6-16,21-24H,5H2,1-4H3,(H,33,34)/b7-6+/t16-,21-,22+,23+,24-/m0/s1. The lowest BCUT2D eigenvalue weighted by Gasteiger charge is -2.43. The molecule has 1 aliphatic rings. The predicted octanol–water partition coefficient (Wildman–Crippen LogP) is 6.12. The van der Waals surface area contributed by atoms with Gasteiger partial charge in [0.25, 0.3) is 0 Å². The highest BCUT2D eigenvalue weighted by atomic mass is 19.4. The molecule has 0 bridgehead atoms. The van der Waals surface area contributed by atoms with Crippen molar-refractivity contribution in [2.24, 2.45) is 0 Å². The molecule has 1 heterocycles. The van der Waals surface area contributed by atoms with Crippen molar-refractivity contribution in [3.05, 3.63) is 59.7 Å². The third-order valence-corrected chi connectivity index (χ3v) is 5.94. The summed E-state index contributed by atoms with van der Waals surface area (Å²) in [5.41, 5.74) is 1.68. The first kappa shape index (κ1) is 31.3. The zero-order chi connectivity index (χ0) is 29.5. The van der Waals surface area contributed by atoms with E-state index in [1.54, 1.807) is 43.3 Å². The number of benzene rings is 2. The number of carbonyl (C=O) groups is 1. The monoisotopic (exact) mass is 575 g/mol. The molecule has 220 valence electrons. The summed E-state index contributed by atoms with van der Waals surface area (Å²) in [6.45, 7) is 4.01. The first-order chi connectivity index (χ1) is 18.9. The van der Waals surface area contributed by atoms with E-state index >= 15 is 0 Å². The normalized spacial score (nSPS) is 23.7. The number of anilines is 1. The molecule has 0 spiro atoms. The van der Waals surface area contributed by atoms with Gasteiger partial charge in [-0.15, -0.1) is 0 Å². The molecule has 1 fully saturated rings. The Morgan fingerprint density at radius 3 is 1.95 bits per heavy atom. The van der Waals surface area contributed by atoms with Crippen LogP contribution in [0.2, 0.25) is 0 Å². The number of nitrogens with one attached hydrogen (secondary N) is 1. The fourth-order valence-corrected chi connectivity index (χ4v) is 4.00. The van der Waals surface area contributed by atoms with Crippen LogP contribution in [-0.4, -0.2) is 69.9 Å². The van der Waals surface area contributed by atoms with Gasteiger partial charge in [0, 0.05) is 26.5 Å². The van der Waals surface area contributed by atoms with E-state index in [9.17, 15) is 26.7 Å². The lowest BCUT2D eigenvalue weighted by atomic mass is 9.99. The highest BCUT2D eigenvalue weighted by molar-refractivity contribution is 5.85. The molecule has 0 aliphatic carbocycles. The highest BCUT2D eigenvalue weighted by Crippen LogP contribution is 2.37. The van der Waals surface area contributed by atoms with Gasteiger partial charge in [-0.25, -0.2) is 4.79 Å². The summed E-state index contributed by atoms with van der Waals surface area (Å²) in [5, 5.41) is 2.61. The Bertz CT molecular complexity index is 1130. The third-order valence-electron chi connectivity index (χ3n) is 5.94. The number of halogens is 5. The van der Waals surface area contributed by atoms with Crippen molar-refractivity contribution >= 4 is 23.9 Å². The lowest BCUT2D eigenvalue weighted by molar-refractivity contribution is -0.360. The molecule has 1 amide bonds. The van der Waals surface area contributed by atoms with Gasteiger partial charge >= 0.3 is 18.4 Å². The van der Waals surface area contributed by atoms with Crippen molar-refractivity contribution in [1.29, 1.82) is 0 Å². The van der Waals surface area contributed by atoms with Crippen LogP contribution in [-0.2, 0) is 23.7 Å². The molecule has 0 unspecified atom stereocenters. The van der Waals surface area contributed by atoms with Crippen LogP contribution in [0.15, 0.2) is 48.5 Å². The number of hydrogen-bond acceptors (Lipinski definition) is 7. The van der Waals surface area contributed by atoms with Gasteiger partial charge in [-0.2, -0.15) is 22.0 Å². The second-order valence-corrected chi connectivity index (χ2v) is 8.70. The summed E-state index contributed by atoms with van der Waals surface area (Å²) >= 11 is 0. The summed E-state index contributed by atoms with van der Waals surface area (Å²) in [7, 11) is 2.99. The molecule has 8 nitrogen and oxygen atoms in total. The van der Waals surface area contributed by atoms with Gasteiger partial charge < -0.3 is 28.4 Å². The molecule has 0 aromatic heterocycles. The summed E-state index contributed by atoms with van der Waals surface area (Å²) in [4.78, 5) is 12.6. The van der Waals surface area contributed by atoms with E-state index in [2.05, 4.69) is 10.1 Å². The molecule has 1 aliphatic heterocycles. The number of amides is 1. The van der Waals surface area contributed by atoms with Gasteiger partial charge in [0.15, 0.2) is 0 Å². The molecule has 1 saturated heterocycles. The Kier molecular flexibility index (Phi) is 10.5. The van der Waals surface area contributed by atoms with E-state index in [1.807, 2.05) is 6.92 Å². The maximum atomic E-state index is 13.0. The first-order valence-corrected chi connectivity index (χ1v) is 12.2. The maximum Gasteiger partial charge on any atom is 0.499 e. The van der Waals surface area contributed by atoms with Crippen LogP contribution in [0.5, 0.6) is 5.75 Å². The van der Waals surface area contributed by atoms with Crippen molar-refractivity contribution in [1.82, 2.24) is 0 Å². The molecular formula is C27H30F5NO7. The quantitative estimate of drug-likeness (QED) is 0.270. The van der Waals surface area contributed by atoms with Gasteiger partial charge in [0.05, 0.1) is 6.10 Å². The Balaban J connectivity index is 1.57. The van der Waals surface area contributed by atoms with E-state index in [0.717, 1.165) is 17.7 Å². The van der Waals surface area contributed by atoms with Crippen molar-refractivity contribution in [2.75, 3.05) is 26.1 Å². The van der Waals surface area contributed by atoms with Gasteiger partial charge in [0.2, 0.25) is 6.29 Å². The van der Waals surface area contributed by atoms with E-state index in [1.165, 1.54) is 26.4 Å². The fourth-order valence-electron chi connectivity index (χ4n) is 4.00. The van der Waals surface area contributed by atoms with Crippen LogP contribution in [0.1, 0.15) is 25.0 Å². The minimum absolute atomic E-state index is 0.400. The predicted molar refractivity (Wildman–Crippen MR) is 135 cm³/mol. The molecule has 0 saturated carbocycles. The molecule has 5 atom stereocenters. The van der Waals surface area contributed by atoms with Crippen molar-refractivity contribution < 1.29 is 55.2 Å². The topological polar surface area (TPSA) is 84.5 Å². The first-order valence-electron chi connectivity index (χ1n) is 12.2. The van der Waals surface area contributed by atoms with Gasteiger partial charge in [-0.1, -0.05) is 36.4 Å². The molecular weight excluding hydrogens is 545 g/mol. The molecule has 0 radical (unpaired) electrons. The van der Waals surface area contributed by atoms with Crippen LogP contribution in [0.25, 0.3) is 12.2 Å². The Morgan fingerprint density at radius 2 is 1.45 bits per heavy atom. The summed E-state index contributed by atoms with van der Waals surface area (Å²) in [5.74, 6) is -0.626. The van der Waals surface area contributed by atoms with Crippen LogP contribution in [0.3, 0.4) is 0 Å². The van der Waals surface area contributed by atoms with Crippen LogP contribution >= 0.6 is 0 Å². The Morgan fingerprint density at radius 1 is 0.900 bits per heavy atom. The minimum atomic E-state index is -5.82. The Labute approximate surface area is 227 Å². The van der Waals surface area contributed by atoms with Gasteiger partial charge in [-0.3, -0.25) is 5.32 Å². The van der Waals surface area contributed by atoms with Crippen molar-refractivity contribution in [3.8, 4) is 5.75 Å². The zero-order valence-electron chi connectivity index (χ0n) is 22.1. The minimum Gasteiger partial charge on any atom is -0.426 e.